The highest BCUT2D eigenvalue weighted by Crippen LogP contribution is 2.34. The fraction of sp³-hybridized carbons (Fsp3) is 0.733. The minimum Gasteiger partial charge on any atom is -0.392 e. The third-order valence-electron chi connectivity index (χ3n) is 3.62. The van der Waals surface area contributed by atoms with Crippen molar-refractivity contribution in [2.45, 2.75) is 59.0 Å². The summed E-state index contributed by atoms with van der Waals surface area (Å²) in [7, 11) is 0. The van der Waals surface area contributed by atoms with Gasteiger partial charge in [0.1, 0.15) is 0 Å². The van der Waals surface area contributed by atoms with Crippen molar-refractivity contribution in [3.63, 3.8) is 0 Å². The molecule has 3 atom stereocenters. The van der Waals surface area contributed by atoms with Crippen molar-refractivity contribution in [1.82, 2.24) is 0 Å². The summed E-state index contributed by atoms with van der Waals surface area (Å²) in [6, 6.07) is 0. The lowest BCUT2D eigenvalue weighted by atomic mass is 9.76. The summed E-state index contributed by atoms with van der Waals surface area (Å²) >= 11 is 0. The monoisotopic (exact) mass is 222 g/mol. The third-order valence-corrected chi connectivity index (χ3v) is 3.62. The summed E-state index contributed by atoms with van der Waals surface area (Å²) in [6.45, 7) is 10.6. The van der Waals surface area contributed by atoms with Gasteiger partial charge in [-0.1, -0.05) is 30.7 Å². The summed E-state index contributed by atoms with van der Waals surface area (Å²) in [6.07, 6.45) is 7.51. The zero-order chi connectivity index (χ0) is 12.1. The molecule has 16 heavy (non-hydrogen) atoms. The first-order valence-electron chi connectivity index (χ1n) is 6.49. The Morgan fingerprint density at radius 3 is 2.62 bits per heavy atom. The normalized spacial score (nSPS) is 29.9. The van der Waals surface area contributed by atoms with Crippen molar-refractivity contribution in [3.05, 3.63) is 23.8 Å². The van der Waals surface area contributed by atoms with Crippen molar-refractivity contribution in [2.24, 2.45) is 11.8 Å². The third kappa shape index (κ3) is 4.13. The molecule has 92 valence electrons. The van der Waals surface area contributed by atoms with E-state index >= 15 is 0 Å². The SMILES string of the molecule is C=C(CCC=C(C)C)[C@@H]1CC[C@@H](C)C[C@@H]1O. The zero-order valence-corrected chi connectivity index (χ0v) is 11.0. The number of aliphatic hydroxyl groups excluding tert-OH is 1. The fourth-order valence-corrected chi connectivity index (χ4v) is 2.56. The molecule has 0 aromatic carbocycles. The number of rotatable bonds is 4. The van der Waals surface area contributed by atoms with Crippen LogP contribution in [0.3, 0.4) is 0 Å². The van der Waals surface area contributed by atoms with E-state index in [0.29, 0.717) is 11.8 Å². The first-order chi connectivity index (χ1) is 7.50. The molecule has 1 aliphatic rings. The van der Waals surface area contributed by atoms with Crippen molar-refractivity contribution >= 4 is 0 Å². The molecular weight excluding hydrogens is 196 g/mol. The van der Waals surface area contributed by atoms with Gasteiger partial charge >= 0.3 is 0 Å². The van der Waals surface area contributed by atoms with Gasteiger partial charge in [0.15, 0.2) is 0 Å². The van der Waals surface area contributed by atoms with E-state index in [0.717, 1.165) is 25.7 Å². The molecule has 1 aliphatic carbocycles. The second-order valence-electron chi connectivity index (χ2n) is 5.57. The number of hydrogen-bond donors (Lipinski definition) is 1. The molecule has 0 aromatic heterocycles. The van der Waals surface area contributed by atoms with Crippen LogP contribution in [0, 0.1) is 11.8 Å². The summed E-state index contributed by atoms with van der Waals surface area (Å²) in [5, 5.41) is 10.0. The van der Waals surface area contributed by atoms with Crippen LogP contribution in [0.25, 0.3) is 0 Å². The summed E-state index contributed by atoms with van der Waals surface area (Å²) in [5.74, 6) is 1.03. The number of hydrogen-bond acceptors (Lipinski definition) is 1. The van der Waals surface area contributed by atoms with E-state index in [9.17, 15) is 5.11 Å². The second-order valence-corrected chi connectivity index (χ2v) is 5.57. The van der Waals surface area contributed by atoms with E-state index in [1.807, 2.05) is 0 Å². The highest BCUT2D eigenvalue weighted by molar-refractivity contribution is 5.07. The molecule has 1 heteroatoms. The van der Waals surface area contributed by atoms with Gasteiger partial charge < -0.3 is 5.11 Å². The van der Waals surface area contributed by atoms with Crippen molar-refractivity contribution in [1.29, 1.82) is 0 Å². The lowest BCUT2D eigenvalue weighted by molar-refractivity contribution is 0.0642. The van der Waals surface area contributed by atoms with Crippen LogP contribution in [-0.2, 0) is 0 Å². The van der Waals surface area contributed by atoms with Crippen molar-refractivity contribution in [2.75, 3.05) is 0 Å². The molecule has 0 bridgehead atoms. The molecule has 1 saturated carbocycles. The lowest BCUT2D eigenvalue weighted by Crippen LogP contribution is -2.29. The maximum absolute atomic E-state index is 10.0. The van der Waals surface area contributed by atoms with Crippen LogP contribution in [0.5, 0.6) is 0 Å². The van der Waals surface area contributed by atoms with Gasteiger partial charge in [-0.2, -0.15) is 0 Å². The van der Waals surface area contributed by atoms with Gasteiger partial charge in [0.05, 0.1) is 6.10 Å². The van der Waals surface area contributed by atoms with Gasteiger partial charge in [-0.05, 0) is 51.9 Å². The Labute approximate surface area is 100 Å². The van der Waals surface area contributed by atoms with E-state index in [1.165, 1.54) is 17.6 Å². The molecular formula is C15H26O. The Hall–Kier alpha value is -0.560. The summed E-state index contributed by atoms with van der Waals surface area (Å²) in [4.78, 5) is 0. The van der Waals surface area contributed by atoms with Gasteiger partial charge in [-0.3, -0.25) is 0 Å². The van der Waals surface area contributed by atoms with Crippen LogP contribution < -0.4 is 0 Å². The maximum atomic E-state index is 10.0. The minimum absolute atomic E-state index is 0.150. The Bertz CT molecular complexity index is 261. The van der Waals surface area contributed by atoms with Crippen LogP contribution in [-0.4, -0.2) is 11.2 Å². The smallest absolute Gasteiger partial charge is 0.0607 e. The molecule has 0 aromatic rings. The molecule has 0 aliphatic heterocycles. The predicted molar refractivity (Wildman–Crippen MR) is 70.3 cm³/mol. The van der Waals surface area contributed by atoms with Crippen LogP contribution in [0.1, 0.15) is 52.9 Å². The fourth-order valence-electron chi connectivity index (χ4n) is 2.56. The summed E-state index contributed by atoms with van der Waals surface area (Å²) in [5.41, 5.74) is 2.61. The highest BCUT2D eigenvalue weighted by atomic mass is 16.3. The molecule has 0 unspecified atom stereocenters. The Morgan fingerprint density at radius 2 is 2.06 bits per heavy atom. The lowest BCUT2D eigenvalue weighted by Gasteiger charge is -2.32. The maximum Gasteiger partial charge on any atom is 0.0607 e. The Morgan fingerprint density at radius 1 is 1.38 bits per heavy atom. The minimum atomic E-state index is -0.150. The van der Waals surface area contributed by atoms with Crippen molar-refractivity contribution in [3.8, 4) is 0 Å². The molecule has 1 fully saturated rings. The van der Waals surface area contributed by atoms with E-state index in [1.54, 1.807) is 0 Å². The molecule has 0 radical (unpaired) electrons. The topological polar surface area (TPSA) is 20.2 Å². The number of allylic oxidation sites excluding steroid dienone is 2. The van der Waals surface area contributed by atoms with E-state index in [2.05, 4.69) is 33.4 Å². The molecule has 0 heterocycles. The van der Waals surface area contributed by atoms with Gasteiger partial charge in [0, 0.05) is 5.92 Å². The highest BCUT2D eigenvalue weighted by Gasteiger charge is 2.28. The van der Waals surface area contributed by atoms with Crippen LogP contribution in [0.4, 0.5) is 0 Å². The Kier molecular flexibility index (Phi) is 5.27. The van der Waals surface area contributed by atoms with Gasteiger partial charge in [0.25, 0.3) is 0 Å². The molecule has 1 nitrogen and oxygen atoms in total. The molecule has 0 saturated heterocycles. The van der Waals surface area contributed by atoms with E-state index in [4.69, 9.17) is 0 Å². The van der Waals surface area contributed by atoms with Gasteiger partial charge in [-0.25, -0.2) is 0 Å². The molecule has 0 spiro atoms. The quantitative estimate of drug-likeness (QED) is 0.710. The van der Waals surface area contributed by atoms with Crippen molar-refractivity contribution < 1.29 is 5.11 Å². The Balaban J connectivity index is 2.39. The first kappa shape index (κ1) is 13.5. The van der Waals surface area contributed by atoms with Gasteiger partial charge in [0.2, 0.25) is 0 Å². The summed E-state index contributed by atoms with van der Waals surface area (Å²) < 4.78 is 0. The molecule has 1 rings (SSSR count). The van der Waals surface area contributed by atoms with Gasteiger partial charge in [-0.15, -0.1) is 0 Å². The molecule has 0 amide bonds. The van der Waals surface area contributed by atoms with E-state index in [-0.39, 0.29) is 6.10 Å². The zero-order valence-electron chi connectivity index (χ0n) is 11.0. The standard InChI is InChI=1S/C15H26O/c1-11(2)6-5-7-13(4)14-9-8-12(3)10-15(14)16/h6,12,14-16H,4-5,7-10H2,1-3H3/t12-,14+,15+/m1/s1. The second kappa shape index (κ2) is 6.24. The number of aliphatic hydroxyl groups is 1. The largest absolute Gasteiger partial charge is 0.392 e. The molecule has 1 N–H and O–H groups in total. The van der Waals surface area contributed by atoms with Crippen LogP contribution in [0.15, 0.2) is 23.8 Å². The average Bonchev–Trinajstić information content (AvgIpc) is 2.16. The average molecular weight is 222 g/mol. The van der Waals surface area contributed by atoms with E-state index < -0.39 is 0 Å². The van der Waals surface area contributed by atoms with Crippen LogP contribution >= 0.6 is 0 Å². The predicted octanol–water partition coefficient (Wildman–Crippen LogP) is 4.09. The van der Waals surface area contributed by atoms with Crippen LogP contribution in [0.2, 0.25) is 0 Å². The first-order valence-corrected chi connectivity index (χ1v) is 6.49.